The standard InChI is InChI=1S/2C20H15.C7H7.2ClH.H2Si.Zr/c2*1-14-12-16-8-5-11-19(20(16)13-14)18-10-4-7-15-6-2-3-9-17(15)18;1-7-5-3-2-4-6-7;;;;/h2*2-13H,1H3;2-6H,1H2;2*1H;1H2;/q;;;;;;+2/p-2. The summed E-state index contributed by atoms with van der Waals surface area (Å²) in [5, 5.41) is 4.99. The van der Waals surface area contributed by atoms with Crippen molar-refractivity contribution >= 4 is 57.6 Å². The molecule has 249 valence electrons. The molecule has 2 aliphatic rings. The van der Waals surface area contributed by atoms with E-state index in [1.165, 1.54) is 82.8 Å². The molecule has 2 aliphatic carbocycles. The van der Waals surface area contributed by atoms with Crippen molar-refractivity contribution in [2.45, 2.75) is 25.2 Å². The van der Waals surface area contributed by atoms with Gasteiger partial charge in [0, 0.05) is 0 Å². The van der Waals surface area contributed by atoms with Gasteiger partial charge in [0.05, 0.1) is 0 Å². The van der Waals surface area contributed by atoms with E-state index < -0.39 is 13.5 Å². The molecule has 0 N–H and O–H groups in total. The first-order valence-corrected chi connectivity index (χ1v) is 34.7. The number of halogens is 2. The molecule has 0 radical (unpaired) electrons. The van der Waals surface area contributed by atoms with Crippen LogP contribution in [-0.2, 0) is 17.7 Å². The number of allylic oxidation sites excluding steroid dienone is 2. The fourth-order valence-corrected chi connectivity index (χ4v) is 43.9. The molecule has 0 bridgehead atoms. The summed E-state index contributed by atoms with van der Waals surface area (Å²) >= 11 is -5.75. The molecule has 9 rings (SSSR count). The van der Waals surface area contributed by atoms with Gasteiger partial charge >= 0.3 is 309 Å². The van der Waals surface area contributed by atoms with E-state index in [9.17, 15) is 0 Å². The molecule has 0 fully saturated rings. The molecule has 0 saturated carbocycles. The predicted octanol–water partition coefficient (Wildman–Crippen LogP) is 13.2. The summed E-state index contributed by atoms with van der Waals surface area (Å²) < 4.78 is 0.461. The Labute approximate surface area is 306 Å². The van der Waals surface area contributed by atoms with Gasteiger partial charge in [0.25, 0.3) is 0 Å². The van der Waals surface area contributed by atoms with E-state index in [1.807, 2.05) is 6.88 Å². The van der Waals surface area contributed by atoms with Crippen LogP contribution in [-0.4, -0.2) is 6.88 Å². The average Bonchev–Trinajstić information content (AvgIpc) is 3.69. The van der Waals surface area contributed by atoms with Crippen LogP contribution in [0, 0.1) is 0 Å². The summed E-state index contributed by atoms with van der Waals surface area (Å²) in [5.41, 5.74) is 13.7. The second-order valence-electron chi connectivity index (χ2n) is 15.3. The van der Waals surface area contributed by atoms with Crippen LogP contribution in [0.2, 0.25) is 0 Å². The Morgan fingerprint density at radius 3 is 1.35 bits per heavy atom. The van der Waals surface area contributed by atoms with Gasteiger partial charge in [0.15, 0.2) is 0 Å². The first kappa shape index (κ1) is 33.1. The molecule has 0 amide bonds. The van der Waals surface area contributed by atoms with Crippen LogP contribution in [0.3, 0.4) is 0 Å². The van der Waals surface area contributed by atoms with Gasteiger partial charge in [-0.05, 0) is 0 Å². The Morgan fingerprint density at radius 1 is 0.471 bits per heavy atom. The normalized spacial score (nSPS) is 18.1. The van der Waals surface area contributed by atoms with Crippen molar-refractivity contribution in [3.8, 4) is 22.3 Å². The first-order valence-electron chi connectivity index (χ1n) is 17.9. The van der Waals surface area contributed by atoms with Gasteiger partial charge in [0.2, 0.25) is 0 Å². The Balaban J connectivity index is 1.29. The van der Waals surface area contributed by atoms with Crippen LogP contribution >= 0.6 is 17.0 Å². The fourth-order valence-electron chi connectivity index (χ4n) is 10.1. The molecule has 0 nitrogen and oxygen atoms in total. The van der Waals surface area contributed by atoms with Gasteiger partial charge in [-0.2, -0.15) is 0 Å². The van der Waals surface area contributed by atoms with Gasteiger partial charge in [-0.25, -0.2) is 0 Å². The molecular formula is C47H39Cl2SiZr. The predicted molar refractivity (Wildman–Crippen MR) is 222 cm³/mol. The first-order chi connectivity index (χ1) is 24.6. The zero-order valence-corrected chi connectivity index (χ0v) is 34.3. The van der Waals surface area contributed by atoms with Crippen molar-refractivity contribution in [2.75, 3.05) is 0 Å². The zero-order valence-electron chi connectivity index (χ0n) is 28.9. The molecule has 0 heterocycles. The van der Waals surface area contributed by atoms with Gasteiger partial charge in [0.1, 0.15) is 0 Å². The molecule has 7 aromatic carbocycles. The van der Waals surface area contributed by atoms with E-state index >= 15 is 0 Å². The molecule has 4 heteroatoms. The number of benzene rings is 7. The molecule has 0 spiro atoms. The van der Waals surface area contributed by atoms with E-state index in [-0.39, 0.29) is 7.25 Å². The van der Waals surface area contributed by atoms with Crippen molar-refractivity contribution in [2.24, 2.45) is 0 Å². The van der Waals surface area contributed by atoms with E-state index in [2.05, 4.69) is 178 Å². The summed E-state index contributed by atoms with van der Waals surface area (Å²) in [6.45, 7) is 6.56. The summed E-state index contributed by atoms with van der Waals surface area (Å²) in [6, 6.07) is 54.9. The van der Waals surface area contributed by atoms with Crippen LogP contribution in [0.25, 0.3) is 56.0 Å². The SMILES string of the molecule is CC1=Cc2c(-c3cccc4ccccc34)cccc2[CH]1[Zr](=[SiH2])([Cl])([Cl])([CH2]c1ccccc1)[CH]1C(C)=Cc2c(-c3cccc4ccccc34)cccc21. The number of fused-ring (bicyclic) bond motifs is 4. The van der Waals surface area contributed by atoms with Crippen molar-refractivity contribution in [3.63, 3.8) is 0 Å². The fraction of sp³-hybridized carbons (Fsp3) is 0.106. The molecule has 51 heavy (non-hydrogen) atoms. The van der Waals surface area contributed by atoms with Gasteiger partial charge in [-0.1, -0.05) is 0 Å². The van der Waals surface area contributed by atoms with Crippen LogP contribution < -0.4 is 0 Å². The second-order valence-corrected chi connectivity index (χ2v) is 62.3. The molecule has 2 unspecified atom stereocenters. The molecular weight excluding hydrogens is 755 g/mol. The average molecular weight is 794 g/mol. The quantitative estimate of drug-likeness (QED) is 0.147. The molecule has 2 atom stereocenters. The van der Waals surface area contributed by atoms with Gasteiger partial charge < -0.3 is 0 Å². The monoisotopic (exact) mass is 791 g/mol. The number of rotatable bonds is 6. The third-order valence-electron chi connectivity index (χ3n) is 11.8. The topological polar surface area (TPSA) is 0 Å². The van der Waals surface area contributed by atoms with Crippen molar-refractivity contribution < 1.29 is 13.5 Å². The van der Waals surface area contributed by atoms with Gasteiger partial charge in [-0.15, -0.1) is 0 Å². The third kappa shape index (κ3) is 5.09. The summed E-state index contributed by atoms with van der Waals surface area (Å²) in [6.07, 6.45) is 4.80. The Hall–Kier alpha value is -3.78. The maximum atomic E-state index is 8.93. The second kappa shape index (κ2) is 11.6. The van der Waals surface area contributed by atoms with Crippen molar-refractivity contribution in [1.82, 2.24) is 0 Å². The number of hydrogen-bond donors (Lipinski definition) is 0. The van der Waals surface area contributed by atoms with E-state index in [0.717, 1.165) is 0 Å². The Bertz CT molecular complexity index is 2560. The van der Waals surface area contributed by atoms with Gasteiger partial charge in [-0.3, -0.25) is 0 Å². The van der Waals surface area contributed by atoms with E-state index in [0.29, 0.717) is 4.13 Å². The van der Waals surface area contributed by atoms with Crippen LogP contribution in [0.4, 0.5) is 0 Å². The zero-order chi connectivity index (χ0) is 35.0. The Morgan fingerprint density at radius 2 is 0.863 bits per heavy atom. The van der Waals surface area contributed by atoms with E-state index in [1.54, 1.807) is 0 Å². The minimum atomic E-state index is -5.75. The molecule has 7 aromatic rings. The molecule has 0 saturated heterocycles. The summed E-state index contributed by atoms with van der Waals surface area (Å²) in [5.74, 6) is 0. The Kier molecular flexibility index (Phi) is 7.53. The number of hydrogen-bond acceptors (Lipinski definition) is 0. The molecule has 0 aliphatic heterocycles. The van der Waals surface area contributed by atoms with Crippen LogP contribution in [0.5, 0.6) is 0 Å². The maximum absolute atomic E-state index is 8.93. The molecule has 0 aromatic heterocycles. The van der Waals surface area contributed by atoms with E-state index in [4.69, 9.17) is 17.0 Å². The summed E-state index contributed by atoms with van der Waals surface area (Å²) in [7, 11) is 17.9. The van der Waals surface area contributed by atoms with Crippen LogP contribution in [0.1, 0.15) is 48.9 Å². The van der Waals surface area contributed by atoms with Crippen molar-refractivity contribution in [1.29, 1.82) is 0 Å². The minimum absolute atomic E-state index is 0.0986. The summed E-state index contributed by atoms with van der Waals surface area (Å²) in [4.78, 5) is 0. The third-order valence-corrected chi connectivity index (χ3v) is 39.7. The van der Waals surface area contributed by atoms with Crippen LogP contribution in [0.15, 0.2) is 163 Å². The van der Waals surface area contributed by atoms with Crippen molar-refractivity contribution in [3.05, 3.63) is 191 Å².